The smallest absolute Gasteiger partial charge is 0.163 e. The molecule has 424 valence electrons. The standard InChI is InChI=1S/C84H51FN6/c85-73-30-14-9-29-69(73)84-86-82(70-42-35-52-19-7-8-24-62(52)83(70)87-84)57-45-60(90-74-31-15-10-25-63(74)67-40-36-55(49-80(67)90)53-38-43-78-71(47-53)65-27-12-17-33-76(65)88(78)58-20-3-1-4-21-58)51-61(46-57)91-75-32-16-11-26-64(75)68-41-37-56(50-81(68)91)54-39-44-79-72(48-54)66-28-13-18-34-77(66)89(79)59-22-5-2-6-23-59/h1-51H. The van der Waals surface area contributed by atoms with Gasteiger partial charge in [0.25, 0.3) is 0 Å². The van der Waals surface area contributed by atoms with E-state index in [0.29, 0.717) is 17.1 Å². The third kappa shape index (κ3) is 7.84. The van der Waals surface area contributed by atoms with Gasteiger partial charge in [-0.15, -0.1) is 0 Å². The summed E-state index contributed by atoms with van der Waals surface area (Å²) in [6.45, 7) is 0. The number of para-hydroxylation sites is 6. The monoisotopic (exact) mass is 1160 g/mol. The van der Waals surface area contributed by atoms with Crippen LogP contribution in [0.1, 0.15) is 0 Å². The minimum atomic E-state index is -0.383. The molecule has 19 aromatic rings. The highest BCUT2D eigenvalue weighted by atomic mass is 19.1. The van der Waals surface area contributed by atoms with Gasteiger partial charge >= 0.3 is 0 Å². The van der Waals surface area contributed by atoms with E-state index in [1.54, 1.807) is 12.1 Å². The SMILES string of the molecule is Fc1ccccc1-c1nc(-c2cc(-n3c4ccccc4c4ccc(-c5ccc6c(c5)c5ccccc5n6-c5ccccc5)cc43)cc(-n3c4ccccc4c4ccc(-c5ccc6c(c5)c5ccccc5n6-c5ccccc5)cc43)c2)c2ccc3ccccc3c2n1. The number of hydrogen-bond acceptors (Lipinski definition) is 2. The topological polar surface area (TPSA) is 45.5 Å². The average molecular weight is 1160 g/mol. The van der Waals surface area contributed by atoms with Gasteiger partial charge in [0.15, 0.2) is 5.82 Å². The van der Waals surface area contributed by atoms with Crippen LogP contribution in [0.15, 0.2) is 309 Å². The predicted octanol–water partition coefficient (Wildman–Crippen LogP) is 22.0. The molecule has 5 aromatic heterocycles. The Bertz CT molecular complexity index is 5930. The first-order valence-corrected chi connectivity index (χ1v) is 30.9. The number of nitrogens with zero attached hydrogens (tertiary/aromatic N) is 6. The second kappa shape index (κ2) is 19.9. The molecular weight excluding hydrogens is 1110 g/mol. The van der Waals surface area contributed by atoms with Crippen LogP contribution < -0.4 is 0 Å². The van der Waals surface area contributed by atoms with Gasteiger partial charge in [0.1, 0.15) is 5.82 Å². The van der Waals surface area contributed by atoms with Gasteiger partial charge in [-0.3, -0.25) is 0 Å². The Labute approximate surface area is 521 Å². The van der Waals surface area contributed by atoms with Crippen LogP contribution in [0.4, 0.5) is 4.39 Å². The molecule has 0 spiro atoms. The molecule has 0 atom stereocenters. The minimum Gasteiger partial charge on any atom is -0.309 e. The third-order valence-electron chi connectivity index (χ3n) is 18.8. The Kier molecular flexibility index (Phi) is 11.1. The van der Waals surface area contributed by atoms with E-state index in [0.717, 1.165) is 127 Å². The van der Waals surface area contributed by atoms with Crippen LogP contribution in [-0.4, -0.2) is 28.2 Å². The van der Waals surface area contributed by atoms with Crippen LogP contribution in [-0.2, 0) is 0 Å². The molecule has 0 N–H and O–H groups in total. The molecule has 0 unspecified atom stereocenters. The number of hydrogen-bond donors (Lipinski definition) is 0. The van der Waals surface area contributed by atoms with Crippen molar-refractivity contribution >= 4 is 109 Å². The fraction of sp³-hybridized carbons (Fsp3) is 0. The lowest BCUT2D eigenvalue weighted by atomic mass is 10.00. The van der Waals surface area contributed by atoms with Crippen molar-refractivity contribution in [2.24, 2.45) is 0 Å². The summed E-state index contributed by atoms with van der Waals surface area (Å²) in [7, 11) is 0. The molecule has 0 amide bonds. The molecule has 0 aliphatic rings. The van der Waals surface area contributed by atoms with Crippen molar-refractivity contribution in [3.8, 4) is 67.6 Å². The number of halogens is 1. The molecule has 0 fully saturated rings. The van der Waals surface area contributed by atoms with Crippen molar-refractivity contribution in [1.82, 2.24) is 28.2 Å². The lowest BCUT2D eigenvalue weighted by molar-refractivity contribution is 0.630. The largest absolute Gasteiger partial charge is 0.309 e. The van der Waals surface area contributed by atoms with Gasteiger partial charge < -0.3 is 18.3 Å². The number of benzene rings is 14. The maximum absolute atomic E-state index is 16.3. The van der Waals surface area contributed by atoms with Crippen LogP contribution >= 0.6 is 0 Å². The van der Waals surface area contributed by atoms with E-state index < -0.39 is 0 Å². The number of aromatic nitrogens is 6. The molecular formula is C84H51FN6. The summed E-state index contributed by atoms with van der Waals surface area (Å²) in [6, 6.07) is 110. The Morgan fingerprint density at radius 3 is 1.13 bits per heavy atom. The van der Waals surface area contributed by atoms with Crippen LogP contribution in [0.5, 0.6) is 0 Å². The van der Waals surface area contributed by atoms with E-state index >= 15 is 4.39 Å². The van der Waals surface area contributed by atoms with Crippen molar-refractivity contribution in [3.05, 3.63) is 315 Å². The first kappa shape index (κ1) is 50.9. The first-order chi connectivity index (χ1) is 45.0. The van der Waals surface area contributed by atoms with Crippen molar-refractivity contribution < 1.29 is 4.39 Å². The van der Waals surface area contributed by atoms with Crippen LogP contribution in [0.3, 0.4) is 0 Å². The highest BCUT2D eigenvalue weighted by Crippen LogP contribution is 2.44. The highest BCUT2D eigenvalue weighted by molar-refractivity contribution is 6.16. The quantitative estimate of drug-likeness (QED) is 0.142. The highest BCUT2D eigenvalue weighted by Gasteiger charge is 2.23. The number of fused-ring (bicyclic) bond motifs is 15. The molecule has 14 aromatic carbocycles. The van der Waals surface area contributed by atoms with Crippen LogP contribution in [0, 0.1) is 5.82 Å². The van der Waals surface area contributed by atoms with Gasteiger partial charge in [-0.1, -0.05) is 188 Å². The van der Waals surface area contributed by atoms with E-state index in [1.165, 1.54) is 38.6 Å². The minimum absolute atomic E-state index is 0.319. The van der Waals surface area contributed by atoms with Crippen molar-refractivity contribution in [2.45, 2.75) is 0 Å². The Morgan fingerprint density at radius 2 is 0.615 bits per heavy atom. The molecule has 0 bridgehead atoms. The van der Waals surface area contributed by atoms with Crippen LogP contribution in [0.2, 0.25) is 0 Å². The molecule has 19 rings (SSSR count). The zero-order valence-electron chi connectivity index (χ0n) is 49.0. The zero-order valence-corrected chi connectivity index (χ0v) is 49.0. The van der Waals surface area contributed by atoms with E-state index in [-0.39, 0.29) is 5.82 Å². The van der Waals surface area contributed by atoms with Gasteiger partial charge in [-0.05, 0) is 149 Å². The van der Waals surface area contributed by atoms with E-state index in [1.807, 2.05) is 18.2 Å². The summed E-state index contributed by atoms with van der Waals surface area (Å²) in [6.07, 6.45) is 0. The van der Waals surface area contributed by atoms with E-state index in [4.69, 9.17) is 9.97 Å². The van der Waals surface area contributed by atoms with E-state index in [9.17, 15) is 0 Å². The normalized spacial score (nSPS) is 12.0. The average Bonchev–Trinajstić information content (AvgIpc) is 1.71. The van der Waals surface area contributed by atoms with Crippen LogP contribution in [0.25, 0.3) is 177 Å². The van der Waals surface area contributed by atoms with Gasteiger partial charge in [0.2, 0.25) is 0 Å². The summed E-state index contributed by atoms with van der Waals surface area (Å²) in [5.74, 6) is -0.0634. The summed E-state index contributed by atoms with van der Waals surface area (Å²) < 4.78 is 25.9. The fourth-order valence-corrected chi connectivity index (χ4v) is 14.7. The molecule has 7 heteroatoms. The summed E-state index contributed by atoms with van der Waals surface area (Å²) in [5.41, 5.74) is 20.2. The van der Waals surface area contributed by atoms with E-state index in [2.05, 4.69) is 291 Å². The Balaban J connectivity index is 0.873. The Morgan fingerprint density at radius 1 is 0.231 bits per heavy atom. The summed E-state index contributed by atoms with van der Waals surface area (Å²) in [4.78, 5) is 10.7. The maximum atomic E-state index is 16.3. The van der Waals surface area contributed by atoms with Crippen molar-refractivity contribution in [3.63, 3.8) is 0 Å². The first-order valence-electron chi connectivity index (χ1n) is 30.9. The fourth-order valence-electron chi connectivity index (χ4n) is 14.7. The maximum Gasteiger partial charge on any atom is 0.163 e. The molecule has 0 saturated carbocycles. The summed E-state index contributed by atoms with van der Waals surface area (Å²) in [5, 5.41) is 12.2. The molecule has 0 aliphatic heterocycles. The number of rotatable bonds is 8. The Hall–Kier alpha value is -12.2. The van der Waals surface area contributed by atoms with Gasteiger partial charge in [0, 0.05) is 82.2 Å². The third-order valence-corrected chi connectivity index (χ3v) is 18.8. The second-order valence-corrected chi connectivity index (χ2v) is 23.8. The lowest BCUT2D eigenvalue weighted by Crippen LogP contribution is -2.02. The predicted molar refractivity (Wildman–Crippen MR) is 376 cm³/mol. The molecule has 0 saturated heterocycles. The molecule has 0 aliphatic carbocycles. The van der Waals surface area contributed by atoms with Gasteiger partial charge in [0.05, 0.1) is 60.9 Å². The van der Waals surface area contributed by atoms with Gasteiger partial charge in [-0.2, -0.15) is 0 Å². The molecule has 5 heterocycles. The molecule has 0 radical (unpaired) electrons. The molecule has 91 heavy (non-hydrogen) atoms. The van der Waals surface area contributed by atoms with Gasteiger partial charge in [-0.25, -0.2) is 14.4 Å². The lowest BCUT2D eigenvalue weighted by Gasteiger charge is -2.17. The zero-order chi connectivity index (χ0) is 59.8. The van der Waals surface area contributed by atoms with Crippen molar-refractivity contribution in [2.75, 3.05) is 0 Å². The second-order valence-electron chi connectivity index (χ2n) is 23.8. The summed E-state index contributed by atoms with van der Waals surface area (Å²) >= 11 is 0. The van der Waals surface area contributed by atoms with Crippen molar-refractivity contribution in [1.29, 1.82) is 0 Å². The molecule has 6 nitrogen and oxygen atoms in total.